The van der Waals surface area contributed by atoms with Gasteiger partial charge < -0.3 is 10.2 Å². The van der Waals surface area contributed by atoms with Crippen LogP contribution < -0.4 is 0 Å². The predicted octanol–water partition coefficient (Wildman–Crippen LogP) is 0.525. The molecule has 0 amide bonds. The van der Waals surface area contributed by atoms with E-state index in [-0.39, 0.29) is 0 Å². The van der Waals surface area contributed by atoms with Gasteiger partial charge in [-0.1, -0.05) is 0 Å². The average molecular weight is 190 g/mol. The van der Waals surface area contributed by atoms with Gasteiger partial charge >= 0.3 is 11.9 Å². The van der Waals surface area contributed by atoms with Crippen LogP contribution in [0.4, 0.5) is 0 Å². The van der Waals surface area contributed by atoms with E-state index in [0.29, 0.717) is 12.2 Å². The van der Waals surface area contributed by atoms with Gasteiger partial charge in [0.25, 0.3) is 0 Å². The summed E-state index contributed by atoms with van der Waals surface area (Å²) in [7, 11) is 0. The van der Waals surface area contributed by atoms with Crippen LogP contribution in [0.15, 0.2) is 0 Å². The molecule has 1 aliphatic rings. The summed E-state index contributed by atoms with van der Waals surface area (Å²) < 4.78 is 0. The van der Waals surface area contributed by atoms with Crippen LogP contribution in [0, 0.1) is 11.8 Å². The van der Waals surface area contributed by atoms with Gasteiger partial charge in [0.2, 0.25) is 0 Å². The lowest BCUT2D eigenvalue weighted by Crippen LogP contribution is -2.34. The summed E-state index contributed by atoms with van der Waals surface area (Å²) in [5.74, 6) is -2.20. The predicted molar refractivity (Wildman–Crippen MR) is 44.2 cm³/mol. The normalized spacial score (nSPS) is 29.7. The van der Waals surface area contributed by atoms with Crippen LogP contribution in [0.25, 0.3) is 0 Å². The largest absolute Gasteiger partial charge is 0.481 e. The van der Waals surface area contributed by atoms with Crippen LogP contribution in [0.5, 0.6) is 0 Å². The smallest absolute Gasteiger partial charge is 0.308 e. The molecule has 0 aliphatic carbocycles. The summed E-state index contributed by atoms with van der Waals surface area (Å²) in [5, 5.41) is 17.4. The standard InChI is InChI=1S/C7H10O4S/c8-6(9)4-1-2-12-3-5(4)7(10)11/h4-5H,1-3H2,(H,8,9)(H,10,11)/t4-,5-/m1/s1. The fraction of sp³-hybridized carbons (Fsp3) is 0.714. The van der Waals surface area contributed by atoms with Crippen molar-refractivity contribution in [3.05, 3.63) is 0 Å². The van der Waals surface area contributed by atoms with Crippen molar-refractivity contribution in [3.8, 4) is 0 Å². The topological polar surface area (TPSA) is 74.6 Å². The van der Waals surface area contributed by atoms with Crippen LogP contribution in [0.1, 0.15) is 6.42 Å². The molecule has 1 rings (SSSR count). The van der Waals surface area contributed by atoms with Crippen molar-refractivity contribution in [2.45, 2.75) is 6.42 Å². The van der Waals surface area contributed by atoms with E-state index in [2.05, 4.69) is 0 Å². The molecule has 1 aliphatic heterocycles. The lowest BCUT2D eigenvalue weighted by molar-refractivity contribution is -0.153. The SMILES string of the molecule is O=C(O)[C@@H]1CCSC[C@H]1C(=O)O. The molecule has 0 radical (unpaired) electrons. The second kappa shape index (κ2) is 3.80. The van der Waals surface area contributed by atoms with Gasteiger partial charge in [-0.3, -0.25) is 9.59 Å². The van der Waals surface area contributed by atoms with E-state index in [9.17, 15) is 9.59 Å². The lowest BCUT2D eigenvalue weighted by atomic mass is 9.91. The first kappa shape index (κ1) is 9.38. The number of carboxylic acid groups (broad SMARTS) is 2. The molecular formula is C7H10O4S. The molecule has 1 fully saturated rings. The highest BCUT2D eigenvalue weighted by atomic mass is 32.2. The van der Waals surface area contributed by atoms with Crippen LogP contribution in [-0.4, -0.2) is 33.7 Å². The Hall–Kier alpha value is -0.710. The first-order valence-corrected chi connectivity index (χ1v) is 4.81. The zero-order valence-electron chi connectivity index (χ0n) is 6.40. The van der Waals surface area contributed by atoms with Gasteiger partial charge in [-0.2, -0.15) is 11.8 Å². The van der Waals surface area contributed by atoms with E-state index in [1.165, 1.54) is 11.8 Å². The van der Waals surface area contributed by atoms with Crippen molar-refractivity contribution in [2.24, 2.45) is 11.8 Å². The molecule has 68 valence electrons. The minimum atomic E-state index is -0.991. The highest BCUT2D eigenvalue weighted by Gasteiger charge is 2.35. The molecule has 0 spiro atoms. The van der Waals surface area contributed by atoms with Gasteiger partial charge in [-0.05, 0) is 12.2 Å². The Morgan fingerprint density at radius 2 is 1.75 bits per heavy atom. The van der Waals surface area contributed by atoms with Crippen molar-refractivity contribution >= 4 is 23.7 Å². The summed E-state index contributed by atoms with van der Waals surface area (Å²) in [6, 6.07) is 0. The van der Waals surface area contributed by atoms with Gasteiger partial charge in [0, 0.05) is 5.75 Å². The van der Waals surface area contributed by atoms with Gasteiger partial charge in [0.1, 0.15) is 0 Å². The molecule has 2 N–H and O–H groups in total. The fourth-order valence-corrected chi connectivity index (χ4v) is 2.49. The summed E-state index contributed by atoms with van der Waals surface area (Å²) in [4.78, 5) is 21.2. The molecule has 0 aromatic rings. The third-order valence-electron chi connectivity index (χ3n) is 1.99. The first-order valence-electron chi connectivity index (χ1n) is 3.66. The molecule has 2 atom stereocenters. The van der Waals surface area contributed by atoms with Crippen LogP contribution in [0.3, 0.4) is 0 Å². The highest BCUT2D eigenvalue weighted by molar-refractivity contribution is 7.99. The summed E-state index contributed by atoms with van der Waals surface area (Å²) in [5.41, 5.74) is 0. The third kappa shape index (κ3) is 1.91. The number of rotatable bonds is 2. The maximum absolute atomic E-state index is 10.6. The van der Waals surface area contributed by atoms with Crippen molar-refractivity contribution in [1.29, 1.82) is 0 Å². The molecule has 4 nitrogen and oxygen atoms in total. The Morgan fingerprint density at radius 1 is 1.17 bits per heavy atom. The van der Waals surface area contributed by atoms with Gasteiger partial charge in [-0.15, -0.1) is 0 Å². The van der Waals surface area contributed by atoms with Crippen LogP contribution in [-0.2, 0) is 9.59 Å². The monoisotopic (exact) mass is 190 g/mol. The number of hydrogen-bond donors (Lipinski definition) is 2. The molecule has 1 saturated heterocycles. The number of aliphatic carboxylic acids is 2. The number of thioether (sulfide) groups is 1. The molecule has 0 aromatic carbocycles. The van der Waals surface area contributed by atoms with Gasteiger partial charge in [0.05, 0.1) is 11.8 Å². The molecule has 1 heterocycles. The summed E-state index contributed by atoms with van der Waals surface area (Å²) in [6.45, 7) is 0. The maximum Gasteiger partial charge on any atom is 0.308 e. The fourth-order valence-electron chi connectivity index (χ4n) is 1.28. The van der Waals surface area contributed by atoms with Gasteiger partial charge in [-0.25, -0.2) is 0 Å². The molecule has 0 aromatic heterocycles. The van der Waals surface area contributed by atoms with E-state index in [4.69, 9.17) is 10.2 Å². The van der Waals surface area contributed by atoms with Crippen molar-refractivity contribution in [1.82, 2.24) is 0 Å². The molecule has 0 saturated carbocycles. The van der Waals surface area contributed by atoms with E-state index < -0.39 is 23.8 Å². The van der Waals surface area contributed by atoms with Crippen molar-refractivity contribution in [3.63, 3.8) is 0 Å². The molecule has 5 heteroatoms. The molecule has 0 unspecified atom stereocenters. The quantitative estimate of drug-likeness (QED) is 0.664. The van der Waals surface area contributed by atoms with E-state index in [0.717, 1.165) is 5.75 Å². The summed E-state index contributed by atoms with van der Waals surface area (Å²) in [6.07, 6.45) is 0.469. The first-order chi connectivity index (χ1) is 5.63. The maximum atomic E-state index is 10.6. The van der Waals surface area contributed by atoms with Gasteiger partial charge in [0.15, 0.2) is 0 Å². The summed E-state index contributed by atoms with van der Waals surface area (Å²) >= 11 is 1.51. The van der Waals surface area contributed by atoms with E-state index >= 15 is 0 Å². The van der Waals surface area contributed by atoms with Crippen molar-refractivity contribution in [2.75, 3.05) is 11.5 Å². The number of carboxylic acids is 2. The second-order valence-corrected chi connectivity index (χ2v) is 3.90. The second-order valence-electron chi connectivity index (χ2n) is 2.75. The Morgan fingerprint density at radius 3 is 2.17 bits per heavy atom. The average Bonchev–Trinajstić information content (AvgIpc) is 2.04. The lowest BCUT2D eigenvalue weighted by Gasteiger charge is -2.24. The van der Waals surface area contributed by atoms with E-state index in [1.807, 2.05) is 0 Å². The highest BCUT2D eigenvalue weighted by Crippen LogP contribution is 2.28. The van der Waals surface area contributed by atoms with E-state index in [1.54, 1.807) is 0 Å². The van der Waals surface area contributed by atoms with Crippen molar-refractivity contribution < 1.29 is 19.8 Å². The zero-order chi connectivity index (χ0) is 9.14. The molecular weight excluding hydrogens is 180 g/mol. The Labute approximate surface area is 74.0 Å². The Kier molecular flexibility index (Phi) is 2.97. The van der Waals surface area contributed by atoms with Crippen LogP contribution >= 0.6 is 11.8 Å². The minimum absolute atomic E-state index is 0.423. The molecule has 0 bridgehead atoms. The minimum Gasteiger partial charge on any atom is -0.481 e. The Balaban J connectivity index is 2.67. The third-order valence-corrected chi connectivity index (χ3v) is 3.11. The van der Waals surface area contributed by atoms with Crippen LogP contribution in [0.2, 0.25) is 0 Å². The number of hydrogen-bond acceptors (Lipinski definition) is 3. The number of carbonyl (C=O) groups is 2. The molecule has 12 heavy (non-hydrogen) atoms. The zero-order valence-corrected chi connectivity index (χ0v) is 7.21. The Bertz CT molecular complexity index is 182.